The molecule has 230 valence electrons. The van der Waals surface area contributed by atoms with Gasteiger partial charge < -0.3 is 25.4 Å². The van der Waals surface area contributed by atoms with Gasteiger partial charge in [0.1, 0.15) is 11.5 Å². The predicted octanol–water partition coefficient (Wildman–Crippen LogP) is 7.36. The highest BCUT2D eigenvalue weighted by molar-refractivity contribution is 5.99. The number of benzene rings is 2. The summed E-state index contributed by atoms with van der Waals surface area (Å²) in [6, 6.07) is 14.8. The number of amides is 4. The van der Waals surface area contributed by atoms with Crippen LogP contribution in [0.25, 0.3) is 0 Å². The van der Waals surface area contributed by atoms with Crippen LogP contribution in [0.15, 0.2) is 69.7 Å². The second kappa shape index (κ2) is 14.0. The molecule has 0 atom stereocenters. The Kier molecular flexibility index (Phi) is 11.0. The fourth-order valence-electron chi connectivity index (χ4n) is 3.17. The van der Waals surface area contributed by atoms with Gasteiger partial charge in [0, 0.05) is 52.2 Å². The third kappa shape index (κ3) is 10.5. The van der Waals surface area contributed by atoms with E-state index < -0.39 is 11.0 Å². The molecule has 0 spiro atoms. The summed E-state index contributed by atoms with van der Waals surface area (Å²) in [5.41, 5.74) is 6.89. The molecule has 2 aromatic heterocycles. The maximum absolute atomic E-state index is 11.8. The standard InChI is InChI=1S/C14H16N4O4.C14H18N4O2.CH4/c1-14(2,3)11-8-12(17-22-11)16-13(19)15-9-4-6-10(7-5-9)18(20)21;1-14(2,3)11-8-12(18-20-11)17-13(19)16-10-6-4-9(15)5-7-10;/h4-8H,1-3H3,(H2,15,16,17,19);4-8H,15H2,1-3H3,(H2,16,17,18,19);1H4. The average molecular weight is 595 g/mol. The summed E-state index contributed by atoms with van der Waals surface area (Å²) in [5, 5.41) is 28.5. The molecule has 0 aliphatic carbocycles. The molecule has 0 aliphatic heterocycles. The number of urea groups is 2. The molecular formula is C29H38N8O6. The van der Waals surface area contributed by atoms with E-state index in [-0.39, 0.29) is 30.0 Å². The Balaban J connectivity index is 0.000000295. The molecule has 0 fully saturated rings. The van der Waals surface area contributed by atoms with Crippen molar-refractivity contribution in [1.82, 2.24) is 10.3 Å². The third-order valence-corrected chi connectivity index (χ3v) is 5.49. The lowest BCUT2D eigenvalue weighted by molar-refractivity contribution is -0.384. The minimum absolute atomic E-state index is 0. The van der Waals surface area contributed by atoms with Crippen molar-refractivity contribution in [2.45, 2.75) is 59.8 Å². The Hall–Kier alpha value is -5.40. The lowest BCUT2D eigenvalue weighted by Crippen LogP contribution is -2.19. The summed E-state index contributed by atoms with van der Waals surface area (Å²) >= 11 is 0. The fraction of sp³-hybridized carbons (Fsp3) is 0.310. The molecule has 6 N–H and O–H groups in total. The van der Waals surface area contributed by atoms with Crippen LogP contribution in [0.2, 0.25) is 0 Å². The molecule has 0 saturated carbocycles. The predicted molar refractivity (Wildman–Crippen MR) is 166 cm³/mol. The topological polar surface area (TPSA) is 203 Å². The maximum atomic E-state index is 11.8. The van der Waals surface area contributed by atoms with E-state index >= 15 is 0 Å². The fourth-order valence-corrected chi connectivity index (χ4v) is 3.17. The number of nitro groups is 1. The first kappa shape index (κ1) is 33.8. The van der Waals surface area contributed by atoms with Crippen LogP contribution in [0, 0.1) is 10.1 Å². The van der Waals surface area contributed by atoms with Crippen molar-refractivity contribution in [3.63, 3.8) is 0 Å². The van der Waals surface area contributed by atoms with Gasteiger partial charge in [-0.05, 0) is 36.4 Å². The number of hydrogen-bond donors (Lipinski definition) is 5. The highest BCUT2D eigenvalue weighted by atomic mass is 16.6. The van der Waals surface area contributed by atoms with E-state index in [4.69, 9.17) is 14.8 Å². The van der Waals surface area contributed by atoms with Gasteiger partial charge in [-0.15, -0.1) is 0 Å². The van der Waals surface area contributed by atoms with Gasteiger partial charge >= 0.3 is 12.1 Å². The largest absolute Gasteiger partial charge is 0.399 e. The molecule has 0 radical (unpaired) electrons. The number of nitrogens with two attached hydrogens (primary N) is 1. The summed E-state index contributed by atoms with van der Waals surface area (Å²) in [6.45, 7) is 11.9. The summed E-state index contributed by atoms with van der Waals surface area (Å²) in [7, 11) is 0. The van der Waals surface area contributed by atoms with Gasteiger partial charge in [-0.25, -0.2) is 9.59 Å². The first-order chi connectivity index (χ1) is 19.6. The lowest BCUT2D eigenvalue weighted by atomic mass is 9.93. The van der Waals surface area contributed by atoms with Crippen LogP contribution >= 0.6 is 0 Å². The Labute approximate surface area is 249 Å². The minimum atomic E-state index is -0.511. The minimum Gasteiger partial charge on any atom is -0.399 e. The van der Waals surface area contributed by atoms with Crippen LogP contribution in [0.3, 0.4) is 0 Å². The second-order valence-corrected chi connectivity index (χ2v) is 11.2. The second-order valence-electron chi connectivity index (χ2n) is 11.2. The molecule has 43 heavy (non-hydrogen) atoms. The number of nitrogens with one attached hydrogen (secondary N) is 4. The molecule has 0 unspecified atom stereocenters. The van der Waals surface area contributed by atoms with E-state index in [1.54, 1.807) is 36.4 Å². The van der Waals surface area contributed by atoms with E-state index in [1.165, 1.54) is 24.3 Å². The lowest BCUT2D eigenvalue weighted by Gasteiger charge is -2.12. The first-order valence-corrected chi connectivity index (χ1v) is 12.8. The van der Waals surface area contributed by atoms with E-state index in [2.05, 4.69) is 31.6 Å². The molecule has 4 amide bonds. The Morgan fingerprint density at radius 3 is 1.42 bits per heavy atom. The summed E-state index contributed by atoms with van der Waals surface area (Å²) in [4.78, 5) is 33.7. The van der Waals surface area contributed by atoms with Crippen molar-refractivity contribution < 1.29 is 23.6 Å². The Morgan fingerprint density at radius 1 is 0.721 bits per heavy atom. The van der Waals surface area contributed by atoms with E-state index in [1.807, 2.05) is 41.5 Å². The number of rotatable bonds is 5. The summed E-state index contributed by atoms with van der Waals surface area (Å²) in [6.07, 6.45) is 0. The zero-order chi connectivity index (χ0) is 31.1. The normalized spacial score (nSPS) is 10.8. The van der Waals surface area contributed by atoms with Gasteiger partial charge in [-0.3, -0.25) is 20.7 Å². The number of non-ortho nitro benzene ring substituents is 1. The van der Waals surface area contributed by atoms with Gasteiger partial charge in [0.05, 0.1) is 4.92 Å². The molecule has 4 rings (SSSR count). The SMILES string of the molecule is C.CC(C)(C)c1cc(NC(=O)Nc2ccc(N)cc2)no1.CC(C)(C)c1cc(NC(=O)Nc2ccc([N+](=O)[O-])cc2)no1. The van der Waals surface area contributed by atoms with Gasteiger partial charge in [-0.1, -0.05) is 59.3 Å². The molecular weight excluding hydrogens is 556 g/mol. The average Bonchev–Trinajstić information content (AvgIpc) is 3.56. The van der Waals surface area contributed by atoms with Crippen LogP contribution in [-0.4, -0.2) is 27.3 Å². The van der Waals surface area contributed by atoms with Crippen LogP contribution in [-0.2, 0) is 10.8 Å². The number of nitro benzene ring substituents is 1. The monoisotopic (exact) mass is 594 g/mol. The number of nitrogen functional groups attached to an aromatic ring is 1. The molecule has 2 aromatic carbocycles. The van der Waals surface area contributed by atoms with Gasteiger partial charge in [0.25, 0.3) is 5.69 Å². The molecule has 2 heterocycles. The van der Waals surface area contributed by atoms with Crippen molar-refractivity contribution in [2.24, 2.45) is 0 Å². The number of aromatic nitrogens is 2. The highest BCUT2D eigenvalue weighted by Gasteiger charge is 2.21. The van der Waals surface area contributed by atoms with E-state index in [9.17, 15) is 19.7 Å². The molecule has 14 heteroatoms. The van der Waals surface area contributed by atoms with Crippen LogP contribution < -0.4 is 27.0 Å². The quantitative estimate of drug-likeness (QED) is 0.0888. The van der Waals surface area contributed by atoms with Crippen molar-refractivity contribution in [3.8, 4) is 0 Å². The molecule has 4 aromatic rings. The zero-order valence-corrected chi connectivity index (χ0v) is 24.1. The number of hydrogen-bond acceptors (Lipinski definition) is 9. The number of anilines is 5. The van der Waals surface area contributed by atoms with Crippen molar-refractivity contribution >= 4 is 46.4 Å². The molecule has 14 nitrogen and oxygen atoms in total. The van der Waals surface area contributed by atoms with Crippen molar-refractivity contribution in [3.05, 3.63) is 82.3 Å². The third-order valence-electron chi connectivity index (χ3n) is 5.49. The zero-order valence-electron chi connectivity index (χ0n) is 24.1. The molecule has 0 aliphatic rings. The summed E-state index contributed by atoms with van der Waals surface area (Å²) in [5.74, 6) is 2.03. The Bertz CT molecular complexity index is 1510. The van der Waals surface area contributed by atoms with E-state index in [0.717, 1.165) is 0 Å². The number of carbonyl (C=O) groups excluding carboxylic acids is 2. The first-order valence-electron chi connectivity index (χ1n) is 12.8. The van der Waals surface area contributed by atoms with Gasteiger partial charge in [-0.2, -0.15) is 0 Å². The highest BCUT2D eigenvalue weighted by Crippen LogP contribution is 2.25. The van der Waals surface area contributed by atoms with Gasteiger partial charge in [0.15, 0.2) is 11.6 Å². The number of nitrogens with zero attached hydrogens (tertiary/aromatic N) is 3. The maximum Gasteiger partial charge on any atom is 0.324 e. The van der Waals surface area contributed by atoms with Crippen LogP contribution in [0.1, 0.15) is 60.5 Å². The molecule has 0 saturated heterocycles. The van der Waals surface area contributed by atoms with E-state index in [0.29, 0.717) is 40.2 Å². The van der Waals surface area contributed by atoms with Crippen LogP contribution in [0.5, 0.6) is 0 Å². The summed E-state index contributed by atoms with van der Waals surface area (Å²) < 4.78 is 10.3. The van der Waals surface area contributed by atoms with Gasteiger partial charge in [0.2, 0.25) is 0 Å². The molecule has 0 bridgehead atoms. The number of carbonyl (C=O) groups is 2. The smallest absolute Gasteiger partial charge is 0.324 e. The Morgan fingerprint density at radius 2 is 1.09 bits per heavy atom. The van der Waals surface area contributed by atoms with Crippen molar-refractivity contribution in [1.29, 1.82) is 0 Å². The van der Waals surface area contributed by atoms with Crippen molar-refractivity contribution in [2.75, 3.05) is 27.0 Å². The van der Waals surface area contributed by atoms with Crippen LogP contribution in [0.4, 0.5) is 44.0 Å².